The summed E-state index contributed by atoms with van der Waals surface area (Å²) >= 11 is 0. The molecule has 0 atom stereocenters. The van der Waals surface area contributed by atoms with Crippen molar-refractivity contribution in [1.29, 1.82) is 5.26 Å². The fourth-order valence-electron chi connectivity index (χ4n) is 2.67. The van der Waals surface area contributed by atoms with Crippen molar-refractivity contribution in [2.75, 3.05) is 20.6 Å². The van der Waals surface area contributed by atoms with Gasteiger partial charge in [-0.3, -0.25) is 0 Å². The van der Waals surface area contributed by atoms with Gasteiger partial charge in [0.2, 0.25) is 0 Å². The number of hydrogen-bond donors (Lipinski definition) is 0. The van der Waals surface area contributed by atoms with Crippen molar-refractivity contribution in [3.63, 3.8) is 0 Å². The van der Waals surface area contributed by atoms with Crippen LogP contribution in [0.2, 0.25) is 0 Å². The summed E-state index contributed by atoms with van der Waals surface area (Å²) in [6, 6.07) is 16.4. The van der Waals surface area contributed by atoms with Gasteiger partial charge in [0.15, 0.2) is 0 Å². The molecule has 0 fully saturated rings. The first-order chi connectivity index (χ1) is 11.2. The van der Waals surface area contributed by atoms with Gasteiger partial charge in [0, 0.05) is 12.1 Å². The highest BCUT2D eigenvalue weighted by molar-refractivity contribution is 5.93. The minimum Gasteiger partial charge on any atom is -0.305 e. The first-order valence-corrected chi connectivity index (χ1v) is 7.61. The molecular formula is C21H18N2. The van der Waals surface area contributed by atoms with Crippen molar-refractivity contribution >= 4 is 17.7 Å². The van der Waals surface area contributed by atoms with E-state index in [2.05, 4.69) is 41.0 Å². The monoisotopic (exact) mass is 298 g/mol. The van der Waals surface area contributed by atoms with Gasteiger partial charge < -0.3 is 4.90 Å². The molecule has 2 aromatic rings. The highest BCUT2D eigenvalue weighted by Gasteiger charge is 2.15. The molecule has 0 radical (unpaired) electrons. The largest absolute Gasteiger partial charge is 0.305 e. The Kier molecular flexibility index (Phi) is 4.26. The van der Waals surface area contributed by atoms with Gasteiger partial charge in [-0.2, -0.15) is 5.26 Å². The molecular weight excluding hydrogens is 280 g/mol. The average Bonchev–Trinajstić information content (AvgIpc) is 2.71. The molecule has 0 amide bonds. The summed E-state index contributed by atoms with van der Waals surface area (Å²) in [5.74, 6) is 0. The number of nitriles is 1. The lowest BCUT2D eigenvalue weighted by Crippen LogP contribution is -2.10. The van der Waals surface area contributed by atoms with Crippen molar-refractivity contribution in [3.05, 3.63) is 82.1 Å². The predicted octanol–water partition coefficient (Wildman–Crippen LogP) is 4.19. The average molecular weight is 298 g/mol. The molecule has 0 N–H and O–H groups in total. The molecule has 1 aliphatic carbocycles. The Bertz CT molecular complexity index is 873. The summed E-state index contributed by atoms with van der Waals surface area (Å²) in [7, 11) is 4.07. The van der Waals surface area contributed by atoms with E-state index in [0.29, 0.717) is 5.56 Å². The maximum Gasteiger partial charge on any atom is 0.0991 e. The second-order valence-corrected chi connectivity index (χ2v) is 5.82. The second kappa shape index (κ2) is 6.50. The molecule has 0 bridgehead atoms. The molecule has 112 valence electrons. The van der Waals surface area contributed by atoms with E-state index in [1.807, 2.05) is 50.5 Å². The van der Waals surface area contributed by atoms with Crippen LogP contribution in [0.1, 0.15) is 27.8 Å². The topological polar surface area (TPSA) is 27.0 Å². The highest BCUT2D eigenvalue weighted by Crippen LogP contribution is 2.33. The maximum atomic E-state index is 9.23. The second-order valence-electron chi connectivity index (χ2n) is 5.82. The number of rotatable bonds is 2. The summed E-state index contributed by atoms with van der Waals surface area (Å²) in [5.41, 5.74) is 9.65. The smallest absolute Gasteiger partial charge is 0.0991 e. The summed E-state index contributed by atoms with van der Waals surface area (Å²) in [6.07, 6.45) is 6.27. The van der Waals surface area contributed by atoms with Crippen LogP contribution in [0.5, 0.6) is 0 Å². The van der Waals surface area contributed by atoms with Crippen LogP contribution in [0.25, 0.3) is 17.7 Å². The van der Waals surface area contributed by atoms with Crippen molar-refractivity contribution in [2.45, 2.75) is 0 Å². The Morgan fingerprint density at radius 3 is 2.48 bits per heavy atom. The van der Waals surface area contributed by atoms with E-state index in [1.54, 1.807) is 0 Å². The van der Waals surface area contributed by atoms with E-state index >= 15 is 0 Å². The van der Waals surface area contributed by atoms with Crippen LogP contribution in [-0.2, 0) is 0 Å². The zero-order valence-electron chi connectivity index (χ0n) is 13.4. The molecule has 1 aliphatic rings. The lowest BCUT2D eigenvalue weighted by molar-refractivity contribution is 0.457. The third kappa shape index (κ3) is 3.17. The van der Waals surface area contributed by atoms with Crippen LogP contribution >= 0.6 is 0 Å². The van der Waals surface area contributed by atoms with E-state index in [1.165, 1.54) is 5.56 Å². The Balaban J connectivity index is 2.26. The molecule has 2 nitrogen and oxygen atoms in total. The van der Waals surface area contributed by atoms with Crippen molar-refractivity contribution < 1.29 is 0 Å². The Morgan fingerprint density at radius 1 is 1.00 bits per heavy atom. The van der Waals surface area contributed by atoms with Crippen LogP contribution in [0, 0.1) is 11.3 Å². The molecule has 2 aromatic carbocycles. The van der Waals surface area contributed by atoms with E-state index < -0.39 is 0 Å². The quantitative estimate of drug-likeness (QED) is 0.663. The molecule has 0 saturated heterocycles. The summed E-state index contributed by atoms with van der Waals surface area (Å²) in [5, 5.41) is 9.23. The molecule has 0 heterocycles. The van der Waals surface area contributed by atoms with Gasteiger partial charge in [-0.05, 0) is 54.6 Å². The van der Waals surface area contributed by atoms with Gasteiger partial charge in [-0.1, -0.05) is 42.5 Å². The summed E-state index contributed by atoms with van der Waals surface area (Å²) in [6.45, 7) is 0.826. The minimum absolute atomic E-state index is 0.670. The number of fused-ring (bicyclic) bond motifs is 2. The lowest BCUT2D eigenvalue weighted by atomic mass is 9.93. The molecule has 0 unspecified atom stereocenters. The standard InChI is InChI=1S/C21H18N2/c1-23(2)13-5-8-20-19-7-4-3-6-17(19)11-12-18-10-9-16(15-22)14-21(18)20/h3-7,9-12,14H,13H2,1-2H3. The van der Waals surface area contributed by atoms with E-state index in [4.69, 9.17) is 0 Å². The molecule has 0 aliphatic heterocycles. The van der Waals surface area contributed by atoms with Gasteiger partial charge >= 0.3 is 0 Å². The Labute approximate surface area is 137 Å². The molecule has 0 spiro atoms. The van der Waals surface area contributed by atoms with Crippen LogP contribution in [0.4, 0.5) is 0 Å². The fourth-order valence-corrected chi connectivity index (χ4v) is 2.67. The maximum absolute atomic E-state index is 9.23. The third-order valence-corrected chi connectivity index (χ3v) is 3.83. The van der Waals surface area contributed by atoms with Gasteiger partial charge in [0.25, 0.3) is 0 Å². The SMILES string of the molecule is CN(C)CC=C=C1c2ccccc2C=Cc2ccc(C#N)cc21. The predicted molar refractivity (Wildman–Crippen MR) is 95.7 cm³/mol. The van der Waals surface area contributed by atoms with E-state index in [0.717, 1.165) is 28.8 Å². The van der Waals surface area contributed by atoms with Gasteiger partial charge in [0.1, 0.15) is 0 Å². The van der Waals surface area contributed by atoms with Crippen LogP contribution in [0.15, 0.2) is 54.3 Å². The fraction of sp³-hybridized carbons (Fsp3) is 0.143. The third-order valence-electron chi connectivity index (χ3n) is 3.83. The number of hydrogen-bond acceptors (Lipinski definition) is 2. The van der Waals surface area contributed by atoms with E-state index in [-0.39, 0.29) is 0 Å². The van der Waals surface area contributed by atoms with Gasteiger partial charge in [-0.25, -0.2) is 0 Å². The normalized spacial score (nSPS) is 12.0. The molecule has 23 heavy (non-hydrogen) atoms. The summed E-state index contributed by atoms with van der Waals surface area (Å²) in [4.78, 5) is 2.10. The van der Waals surface area contributed by atoms with Gasteiger partial charge in [-0.15, -0.1) is 5.73 Å². The number of likely N-dealkylation sites (N-methyl/N-ethyl adjacent to an activating group) is 1. The molecule has 0 aromatic heterocycles. The van der Waals surface area contributed by atoms with Crippen LogP contribution in [-0.4, -0.2) is 25.5 Å². The highest BCUT2D eigenvalue weighted by atomic mass is 15.0. The minimum atomic E-state index is 0.670. The van der Waals surface area contributed by atoms with Crippen LogP contribution < -0.4 is 0 Å². The van der Waals surface area contributed by atoms with Crippen molar-refractivity contribution in [3.8, 4) is 6.07 Å². The zero-order chi connectivity index (χ0) is 16.2. The van der Waals surface area contributed by atoms with E-state index in [9.17, 15) is 5.26 Å². The number of nitrogens with zero attached hydrogens (tertiary/aromatic N) is 2. The molecule has 2 heteroatoms. The first kappa shape index (κ1) is 15.1. The molecule has 0 saturated carbocycles. The lowest BCUT2D eigenvalue weighted by Gasteiger charge is -2.10. The number of benzene rings is 2. The summed E-state index contributed by atoms with van der Waals surface area (Å²) < 4.78 is 0. The Morgan fingerprint density at radius 2 is 1.74 bits per heavy atom. The van der Waals surface area contributed by atoms with Crippen molar-refractivity contribution in [2.24, 2.45) is 0 Å². The Hall–Kier alpha value is -2.85. The van der Waals surface area contributed by atoms with Gasteiger partial charge in [0.05, 0.1) is 11.6 Å². The zero-order valence-corrected chi connectivity index (χ0v) is 13.4. The van der Waals surface area contributed by atoms with Crippen molar-refractivity contribution in [1.82, 2.24) is 4.90 Å². The first-order valence-electron chi connectivity index (χ1n) is 7.61. The van der Waals surface area contributed by atoms with Crippen LogP contribution in [0.3, 0.4) is 0 Å². The molecule has 3 rings (SSSR count).